The number of rotatable bonds is 5. The van der Waals surface area contributed by atoms with Gasteiger partial charge in [0.2, 0.25) is 5.89 Å². The van der Waals surface area contributed by atoms with Crippen LogP contribution in [-0.2, 0) is 12.8 Å². The van der Waals surface area contributed by atoms with Crippen molar-refractivity contribution in [2.75, 3.05) is 0 Å². The van der Waals surface area contributed by atoms with Crippen molar-refractivity contribution in [1.82, 2.24) is 15.1 Å². The van der Waals surface area contributed by atoms with Crippen LogP contribution in [0.15, 0.2) is 28.9 Å². The van der Waals surface area contributed by atoms with E-state index in [0.29, 0.717) is 31.0 Å². The van der Waals surface area contributed by atoms with Crippen LogP contribution in [0.1, 0.15) is 30.3 Å². The normalized spacial score (nSPS) is 10.1. The van der Waals surface area contributed by atoms with E-state index < -0.39 is 0 Å². The number of nitrogens with zero attached hydrogens (tertiary/aromatic N) is 4. The lowest BCUT2D eigenvalue weighted by Gasteiger charge is -1.93. The van der Waals surface area contributed by atoms with Crippen molar-refractivity contribution in [2.24, 2.45) is 0 Å². The molecule has 0 atom stereocenters. The van der Waals surface area contributed by atoms with Gasteiger partial charge in [-0.1, -0.05) is 11.2 Å². The molecule has 0 fully saturated rings. The first-order chi connectivity index (χ1) is 8.38. The van der Waals surface area contributed by atoms with Crippen LogP contribution in [-0.4, -0.2) is 15.1 Å². The number of aromatic nitrogens is 3. The Morgan fingerprint density at radius 3 is 3.06 bits per heavy atom. The van der Waals surface area contributed by atoms with E-state index >= 15 is 0 Å². The summed E-state index contributed by atoms with van der Waals surface area (Å²) in [4.78, 5) is 8.44. The van der Waals surface area contributed by atoms with Crippen LogP contribution in [0.5, 0.6) is 0 Å². The molecule has 17 heavy (non-hydrogen) atoms. The number of hydrogen-bond acceptors (Lipinski definition) is 5. The molecule has 0 saturated carbocycles. The fraction of sp³-hybridized carbons (Fsp3) is 0.333. The third kappa shape index (κ3) is 3.38. The quantitative estimate of drug-likeness (QED) is 0.730. The molecular formula is C12H12N4O. The Balaban J connectivity index is 1.93. The van der Waals surface area contributed by atoms with Gasteiger partial charge in [-0.05, 0) is 18.6 Å². The molecule has 0 radical (unpaired) electrons. The average Bonchev–Trinajstić information content (AvgIpc) is 2.79. The highest BCUT2D eigenvalue weighted by atomic mass is 16.5. The van der Waals surface area contributed by atoms with Gasteiger partial charge < -0.3 is 4.52 Å². The van der Waals surface area contributed by atoms with Crippen LogP contribution in [0.2, 0.25) is 0 Å². The zero-order valence-electron chi connectivity index (χ0n) is 9.33. The highest BCUT2D eigenvalue weighted by molar-refractivity contribution is 5.09. The Morgan fingerprint density at radius 2 is 2.29 bits per heavy atom. The molecule has 0 saturated heterocycles. The standard InChI is InChI=1S/C12H12N4O/c13-7-3-1-6-12-15-11(16-17-12)9-10-5-2-4-8-14-10/h2,4-5,8H,1,3,6,9H2. The van der Waals surface area contributed by atoms with Crippen molar-refractivity contribution in [3.63, 3.8) is 0 Å². The maximum atomic E-state index is 8.42. The first-order valence-electron chi connectivity index (χ1n) is 5.47. The Kier molecular flexibility index (Phi) is 3.81. The lowest BCUT2D eigenvalue weighted by molar-refractivity contribution is 0.371. The van der Waals surface area contributed by atoms with Crippen molar-refractivity contribution in [1.29, 1.82) is 5.26 Å². The van der Waals surface area contributed by atoms with E-state index in [9.17, 15) is 0 Å². The van der Waals surface area contributed by atoms with Crippen molar-refractivity contribution in [3.8, 4) is 6.07 Å². The molecule has 5 heteroatoms. The summed E-state index contributed by atoms with van der Waals surface area (Å²) in [5, 5.41) is 12.3. The first kappa shape index (κ1) is 11.3. The predicted octanol–water partition coefficient (Wildman–Crippen LogP) is 1.90. The second-order valence-electron chi connectivity index (χ2n) is 3.61. The van der Waals surface area contributed by atoms with Gasteiger partial charge in [0.05, 0.1) is 12.5 Å². The van der Waals surface area contributed by atoms with Gasteiger partial charge >= 0.3 is 0 Å². The molecule has 0 bridgehead atoms. The van der Waals surface area contributed by atoms with Gasteiger partial charge in [0.15, 0.2) is 5.82 Å². The summed E-state index contributed by atoms with van der Waals surface area (Å²) >= 11 is 0. The number of nitriles is 1. The highest BCUT2D eigenvalue weighted by Gasteiger charge is 2.07. The van der Waals surface area contributed by atoms with Crippen molar-refractivity contribution in [2.45, 2.75) is 25.7 Å². The third-order valence-corrected chi connectivity index (χ3v) is 2.25. The summed E-state index contributed by atoms with van der Waals surface area (Å²) in [5.41, 5.74) is 0.914. The third-order valence-electron chi connectivity index (χ3n) is 2.25. The summed E-state index contributed by atoms with van der Waals surface area (Å²) in [6.07, 6.45) is 4.23. The van der Waals surface area contributed by atoms with Crippen molar-refractivity contribution < 1.29 is 4.52 Å². The molecule has 2 aromatic heterocycles. The van der Waals surface area contributed by atoms with Gasteiger partial charge in [-0.25, -0.2) is 0 Å². The molecule has 0 unspecified atom stereocenters. The Labute approximate surface area is 99.1 Å². The predicted molar refractivity (Wildman–Crippen MR) is 59.9 cm³/mol. The summed E-state index contributed by atoms with van der Waals surface area (Å²) < 4.78 is 5.09. The molecule has 86 valence electrons. The number of aryl methyl sites for hydroxylation is 1. The molecule has 0 aliphatic rings. The van der Waals surface area contributed by atoms with Gasteiger partial charge in [-0.15, -0.1) is 0 Å². The Hall–Kier alpha value is -2.22. The first-order valence-corrected chi connectivity index (χ1v) is 5.47. The van der Waals surface area contributed by atoms with E-state index in [0.717, 1.165) is 12.1 Å². The second-order valence-corrected chi connectivity index (χ2v) is 3.61. The summed E-state index contributed by atoms with van der Waals surface area (Å²) in [6.45, 7) is 0. The molecule has 0 aromatic carbocycles. The smallest absolute Gasteiger partial charge is 0.226 e. The topological polar surface area (TPSA) is 75.6 Å². The van der Waals surface area contributed by atoms with Gasteiger partial charge in [0.1, 0.15) is 0 Å². The fourth-order valence-electron chi connectivity index (χ4n) is 1.45. The van der Waals surface area contributed by atoms with E-state index in [2.05, 4.69) is 21.2 Å². The van der Waals surface area contributed by atoms with Crippen molar-refractivity contribution in [3.05, 3.63) is 41.8 Å². The van der Waals surface area contributed by atoms with Gasteiger partial charge in [-0.3, -0.25) is 4.98 Å². The SMILES string of the molecule is N#CCCCc1nc(Cc2ccccn2)no1. The Morgan fingerprint density at radius 1 is 1.35 bits per heavy atom. The van der Waals surface area contributed by atoms with Gasteiger partial charge in [0, 0.05) is 24.7 Å². The van der Waals surface area contributed by atoms with Crippen LogP contribution >= 0.6 is 0 Å². The zero-order chi connectivity index (χ0) is 11.9. The van der Waals surface area contributed by atoms with Crippen molar-refractivity contribution >= 4 is 0 Å². The highest BCUT2D eigenvalue weighted by Crippen LogP contribution is 2.06. The lowest BCUT2D eigenvalue weighted by Crippen LogP contribution is -1.93. The molecule has 2 aromatic rings. The minimum Gasteiger partial charge on any atom is -0.339 e. The van der Waals surface area contributed by atoms with E-state index in [1.165, 1.54) is 0 Å². The van der Waals surface area contributed by atoms with E-state index in [4.69, 9.17) is 9.78 Å². The molecular weight excluding hydrogens is 216 g/mol. The molecule has 2 rings (SSSR count). The molecule has 0 aliphatic heterocycles. The summed E-state index contributed by atoms with van der Waals surface area (Å²) in [5.74, 6) is 1.22. The minimum absolute atomic E-state index is 0.512. The molecule has 5 nitrogen and oxygen atoms in total. The number of unbranched alkanes of at least 4 members (excludes halogenated alkanes) is 1. The maximum absolute atomic E-state index is 8.42. The lowest BCUT2D eigenvalue weighted by atomic mass is 10.2. The molecule has 0 aliphatic carbocycles. The number of hydrogen-bond donors (Lipinski definition) is 0. The second kappa shape index (κ2) is 5.75. The average molecular weight is 228 g/mol. The van der Waals surface area contributed by atoms with Crippen LogP contribution < -0.4 is 0 Å². The molecule has 0 N–H and O–H groups in total. The maximum Gasteiger partial charge on any atom is 0.226 e. The van der Waals surface area contributed by atoms with Gasteiger partial charge in [0.25, 0.3) is 0 Å². The van der Waals surface area contributed by atoms with E-state index in [-0.39, 0.29) is 0 Å². The zero-order valence-corrected chi connectivity index (χ0v) is 9.33. The minimum atomic E-state index is 0.512. The number of pyridine rings is 1. The molecule has 0 amide bonds. The van der Waals surface area contributed by atoms with Crippen LogP contribution in [0, 0.1) is 11.3 Å². The van der Waals surface area contributed by atoms with Gasteiger partial charge in [-0.2, -0.15) is 10.2 Å². The van der Waals surface area contributed by atoms with E-state index in [1.807, 2.05) is 18.2 Å². The monoisotopic (exact) mass is 228 g/mol. The van der Waals surface area contributed by atoms with Crippen LogP contribution in [0.3, 0.4) is 0 Å². The molecule has 0 spiro atoms. The fourth-order valence-corrected chi connectivity index (χ4v) is 1.45. The summed E-state index contributed by atoms with van der Waals surface area (Å²) in [7, 11) is 0. The Bertz CT molecular complexity index is 501. The van der Waals surface area contributed by atoms with Crippen LogP contribution in [0.4, 0.5) is 0 Å². The summed E-state index contributed by atoms with van der Waals surface area (Å²) in [6, 6.07) is 7.80. The molecule has 2 heterocycles. The van der Waals surface area contributed by atoms with E-state index in [1.54, 1.807) is 6.20 Å². The van der Waals surface area contributed by atoms with Crippen LogP contribution in [0.25, 0.3) is 0 Å². The largest absolute Gasteiger partial charge is 0.339 e.